The van der Waals surface area contributed by atoms with Crippen molar-refractivity contribution in [3.8, 4) is 0 Å². The monoisotopic (exact) mass is 356 g/mol. The smallest absolute Gasteiger partial charge is 0.330 e. The number of anilines is 2. The maximum Gasteiger partial charge on any atom is 0.360 e. The van der Waals surface area contributed by atoms with Crippen LogP contribution in [0.15, 0.2) is 52.3 Å². The number of nitrogens with zero attached hydrogens (tertiary/aromatic N) is 3. The molecule has 1 aromatic heterocycles. The second kappa shape index (κ2) is 7.40. The van der Waals surface area contributed by atoms with Crippen LogP contribution in [0.1, 0.15) is 16.7 Å². The fourth-order valence-corrected chi connectivity index (χ4v) is 3.11. The Morgan fingerprint density at radius 3 is 2.72 bits per heavy atom. The van der Waals surface area contributed by atoms with Crippen LogP contribution in [-0.4, -0.2) is 22.2 Å². The molecule has 0 atom stereocenters. The molecule has 3 aromatic rings. The molecule has 7 heteroatoms. The van der Waals surface area contributed by atoms with Gasteiger partial charge in [-0.25, -0.2) is 13.1 Å². The van der Waals surface area contributed by atoms with Crippen molar-refractivity contribution in [2.24, 2.45) is 4.99 Å². The van der Waals surface area contributed by atoms with Gasteiger partial charge in [0.25, 0.3) is 0 Å². The minimum atomic E-state index is -0.358. The summed E-state index contributed by atoms with van der Waals surface area (Å²) in [6.07, 6.45) is 1.76. The van der Waals surface area contributed by atoms with E-state index in [9.17, 15) is 9.18 Å². The van der Waals surface area contributed by atoms with E-state index in [1.54, 1.807) is 26.3 Å². The second-order valence-electron chi connectivity index (χ2n) is 5.55. The van der Waals surface area contributed by atoms with E-state index in [4.69, 9.17) is 0 Å². The van der Waals surface area contributed by atoms with E-state index in [-0.39, 0.29) is 11.5 Å². The molecule has 1 heterocycles. The molecular formula is C18H17FN4OS. The molecule has 5 nitrogen and oxygen atoms in total. The summed E-state index contributed by atoms with van der Waals surface area (Å²) in [7, 11) is 1.72. The van der Waals surface area contributed by atoms with Crippen LogP contribution in [0.2, 0.25) is 0 Å². The number of hydrogen-bond donors (Lipinski definition) is 1. The number of halogens is 1. The van der Waals surface area contributed by atoms with Crippen molar-refractivity contribution in [3.63, 3.8) is 0 Å². The highest BCUT2D eigenvalue weighted by atomic mass is 32.1. The summed E-state index contributed by atoms with van der Waals surface area (Å²) in [6.45, 7) is 2.00. The SMILES string of the molecule is CN=Cc1ccc(Nc2nc(=O)n(Cc3ccc(C)c(F)c3)s2)cc1. The highest BCUT2D eigenvalue weighted by Gasteiger charge is 2.08. The van der Waals surface area contributed by atoms with Gasteiger partial charge in [0.2, 0.25) is 5.13 Å². The second-order valence-corrected chi connectivity index (χ2v) is 6.56. The molecule has 128 valence electrons. The lowest BCUT2D eigenvalue weighted by Gasteiger charge is -2.03. The molecule has 2 aromatic carbocycles. The zero-order chi connectivity index (χ0) is 17.8. The summed E-state index contributed by atoms with van der Waals surface area (Å²) in [5.41, 5.74) is 2.77. The van der Waals surface area contributed by atoms with Crippen LogP contribution < -0.4 is 11.0 Å². The quantitative estimate of drug-likeness (QED) is 0.711. The number of aryl methyl sites for hydroxylation is 1. The lowest BCUT2D eigenvalue weighted by atomic mass is 10.1. The minimum Gasteiger partial charge on any atom is -0.330 e. The Labute approximate surface area is 148 Å². The molecule has 0 aliphatic heterocycles. The molecule has 0 bridgehead atoms. The molecule has 0 spiro atoms. The molecular weight excluding hydrogens is 339 g/mol. The van der Waals surface area contributed by atoms with Gasteiger partial charge >= 0.3 is 5.69 Å². The van der Waals surface area contributed by atoms with Crippen molar-refractivity contribution >= 4 is 28.6 Å². The normalized spacial score (nSPS) is 11.2. The first-order valence-corrected chi connectivity index (χ1v) is 8.45. The van der Waals surface area contributed by atoms with Gasteiger partial charge in [-0.2, -0.15) is 4.98 Å². The zero-order valence-corrected chi connectivity index (χ0v) is 14.7. The third-order valence-corrected chi connectivity index (χ3v) is 4.48. The summed E-state index contributed by atoms with van der Waals surface area (Å²) in [4.78, 5) is 20.0. The fraction of sp³-hybridized carbons (Fsp3) is 0.167. The van der Waals surface area contributed by atoms with Crippen molar-refractivity contribution in [2.45, 2.75) is 13.5 Å². The maximum atomic E-state index is 13.6. The molecule has 0 saturated heterocycles. The van der Waals surface area contributed by atoms with Gasteiger partial charge in [-0.3, -0.25) is 4.99 Å². The van der Waals surface area contributed by atoms with Crippen molar-refractivity contribution in [1.82, 2.24) is 8.94 Å². The highest BCUT2D eigenvalue weighted by molar-refractivity contribution is 7.10. The minimum absolute atomic E-state index is 0.274. The van der Waals surface area contributed by atoms with Crippen LogP contribution in [0.3, 0.4) is 0 Å². The van der Waals surface area contributed by atoms with Crippen molar-refractivity contribution < 1.29 is 4.39 Å². The largest absolute Gasteiger partial charge is 0.360 e. The van der Waals surface area contributed by atoms with Gasteiger partial charge in [0.05, 0.1) is 6.54 Å². The third kappa shape index (κ3) is 4.19. The number of benzene rings is 2. The summed E-state index contributed by atoms with van der Waals surface area (Å²) in [5.74, 6) is -0.274. The predicted molar refractivity (Wildman–Crippen MR) is 99.9 cm³/mol. The van der Waals surface area contributed by atoms with Gasteiger partial charge < -0.3 is 5.32 Å². The van der Waals surface area contributed by atoms with Crippen LogP contribution in [0, 0.1) is 12.7 Å². The maximum absolute atomic E-state index is 13.6. The Bertz CT molecular complexity index is 960. The van der Waals surface area contributed by atoms with E-state index in [0.717, 1.165) is 16.8 Å². The molecule has 0 saturated carbocycles. The standard InChI is InChI=1S/C18H17FN4OS/c1-12-3-4-14(9-16(12)19)11-23-18(24)22-17(25-23)21-15-7-5-13(6-8-15)10-20-2/h3-10H,11H2,1-2H3,(H,21,22,24). The first-order valence-electron chi connectivity index (χ1n) is 7.67. The lowest BCUT2D eigenvalue weighted by Crippen LogP contribution is -2.15. The number of rotatable bonds is 5. The van der Waals surface area contributed by atoms with E-state index in [0.29, 0.717) is 17.2 Å². The first-order chi connectivity index (χ1) is 12.0. The van der Waals surface area contributed by atoms with Crippen molar-refractivity contribution in [2.75, 3.05) is 12.4 Å². The van der Waals surface area contributed by atoms with E-state index in [2.05, 4.69) is 15.3 Å². The Balaban J connectivity index is 1.75. The topological polar surface area (TPSA) is 59.3 Å². The summed E-state index contributed by atoms with van der Waals surface area (Å²) in [5, 5.41) is 3.60. The van der Waals surface area contributed by atoms with E-state index in [1.165, 1.54) is 21.6 Å². The Kier molecular flexibility index (Phi) is 5.04. The predicted octanol–water partition coefficient (Wildman–Crippen LogP) is 3.59. The summed E-state index contributed by atoms with van der Waals surface area (Å²) >= 11 is 1.21. The van der Waals surface area contributed by atoms with Gasteiger partial charge in [-0.15, -0.1) is 0 Å². The number of hydrogen-bond acceptors (Lipinski definition) is 5. The molecule has 0 aliphatic carbocycles. The van der Waals surface area contributed by atoms with Gasteiger partial charge in [-0.1, -0.05) is 24.3 Å². The van der Waals surface area contributed by atoms with Crippen LogP contribution in [0.4, 0.5) is 15.2 Å². The number of nitrogens with one attached hydrogen (secondary N) is 1. The van der Waals surface area contributed by atoms with Crippen LogP contribution in [0.25, 0.3) is 0 Å². The molecule has 3 rings (SSSR count). The Morgan fingerprint density at radius 2 is 2.04 bits per heavy atom. The van der Waals surface area contributed by atoms with Crippen LogP contribution >= 0.6 is 11.5 Å². The molecule has 0 amide bonds. The first kappa shape index (κ1) is 17.0. The fourth-order valence-electron chi connectivity index (χ4n) is 2.28. The van der Waals surface area contributed by atoms with Crippen molar-refractivity contribution in [1.29, 1.82) is 0 Å². The molecule has 0 fully saturated rings. The van der Waals surface area contributed by atoms with E-state index < -0.39 is 0 Å². The average Bonchev–Trinajstić information content (AvgIpc) is 2.92. The van der Waals surface area contributed by atoms with Gasteiger partial charge in [-0.05, 0) is 53.3 Å². The molecule has 0 radical (unpaired) electrons. The molecule has 0 unspecified atom stereocenters. The highest BCUT2D eigenvalue weighted by Crippen LogP contribution is 2.19. The molecule has 25 heavy (non-hydrogen) atoms. The van der Waals surface area contributed by atoms with E-state index in [1.807, 2.05) is 30.3 Å². The molecule has 0 aliphatic rings. The van der Waals surface area contributed by atoms with Crippen molar-refractivity contribution in [3.05, 3.63) is 75.5 Å². The molecule has 1 N–H and O–H groups in total. The summed E-state index contributed by atoms with van der Waals surface area (Å²) < 4.78 is 15.1. The summed E-state index contributed by atoms with van der Waals surface area (Å²) in [6, 6.07) is 12.6. The Morgan fingerprint density at radius 1 is 1.28 bits per heavy atom. The van der Waals surface area contributed by atoms with Crippen LogP contribution in [-0.2, 0) is 6.54 Å². The van der Waals surface area contributed by atoms with Gasteiger partial charge in [0.1, 0.15) is 5.82 Å². The van der Waals surface area contributed by atoms with Gasteiger partial charge in [0, 0.05) is 18.9 Å². The Hall–Kier alpha value is -2.80. The third-order valence-electron chi connectivity index (χ3n) is 3.61. The average molecular weight is 356 g/mol. The van der Waals surface area contributed by atoms with Crippen LogP contribution in [0.5, 0.6) is 0 Å². The lowest BCUT2D eigenvalue weighted by molar-refractivity contribution is 0.615. The van der Waals surface area contributed by atoms with E-state index >= 15 is 0 Å². The number of aromatic nitrogens is 2. The number of aliphatic imine (C=N–C) groups is 1. The van der Waals surface area contributed by atoms with Gasteiger partial charge in [0.15, 0.2) is 0 Å². The zero-order valence-electron chi connectivity index (χ0n) is 13.9.